The van der Waals surface area contributed by atoms with Gasteiger partial charge in [-0.1, -0.05) is 54.6 Å². The van der Waals surface area contributed by atoms with Crippen molar-refractivity contribution in [2.45, 2.75) is 46.5 Å². The minimum absolute atomic E-state index is 0.0458. The summed E-state index contributed by atoms with van der Waals surface area (Å²) in [6.45, 7) is 6.64. The lowest BCUT2D eigenvalue weighted by Crippen LogP contribution is -2.21. The van der Waals surface area contributed by atoms with E-state index >= 15 is 0 Å². The van der Waals surface area contributed by atoms with Crippen LogP contribution in [0.4, 0.5) is 0 Å². The second-order valence-electron chi connectivity index (χ2n) is 6.65. The van der Waals surface area contributed by atoms with Crippen LogP contribution in [0.2, 0.25) is 0 Å². The first kappa shape index (κ1) is 19.0. The van der Waals surface area contributed by atoms with Crippen LogP contribution in [0, 0.1) is 13.8 Å². The monoisotopic (exact) mass is 335 g/mol. The van der Waals surface area contributed by atoms with Gasteiger partial charge in [0.15, 0.2) is 0 Å². The average molecular weight is 335 g/mol. The Hall–Kier alpha value is -2.35. The minimum atomic E-state index is 0.0458. The minimum Gasteiger partial charge on any atom is -0.356 e. The Morgan fingerprint density at radius 3 is 2.32 bits per heavy atom. The Morgan fingerprint density at radius 1 is 1.00 bits per heavy atom. The normalized spacial score (nSPS) is 11.0. The molecule has 0 unspecified atom stereocenters. The number of amides is 1. The number of nitrogens with one attached hydrogen (secondary N) is 1. The predicted molar refractivity (Wildman–Crippen MR) is 107 cm³/mol. The molecule has 0 aliphatic heterocycles. The molecule has 2 heteroatoms. The summed E-state index contributed by atoms with van der Waals surface area (Å²) in [5.41, 5.74) is 6.73. The largest absolute Gasteiger partial charge is 0.356 e. The third-order valence-electron chi connectivity index (χ3n) is 4.43. The Kier molecular flexibility index (Phi) is 7.46. The third-order valence-corrected chi connectivity index (χ3v) is 4.43. The lowest BCUT2D eigenvalue weighted by Gasteiger charge is -2.06. The number of hydrogen-bond donors (Lipinski definition) is 1. The lowest BCUT2D eigenvalue weighted by molar-refractivity contribution is -0.118. The quantitative estimate of drug-likeness (QED) is 0.674. The van der Waals surface area contributed by atoms with Crippen molar-refractivity contribution < 1.29 is 4.79 Å². The van der Waals surface area contributed by atoms with Crippen molar-refractivity contribution in [3.63, 3.8) is 0 Å². The standard InChI is InChI=1S/C23H29NO/c1-18-9-6-10-19(2)23(18)15-5-4-11-21-12-7-13-22(17-21)14-8-16-24-20(3)25/h5-7,9-10,12-13,15,17H,4,8,11,14,16H2,1-3H3,(H,24,25)/b15-5+. The Balaban J connectivity index is 1.83. The van der Waals surface area contributed by atoms with Gasteiger partial charge in [-0.25, -0.2) is 0 Å². The Labute approximate surface area is 152 Å². The van der Waals surface area contributed by atoms with Gasteiger partial charge in [0.25, 0.3) is 0 Å². The van der Waals surface area contributed by atoms with E-state index in [2.05, 4.69) is 73.8 Å². The van der Waals surface area contributed by atoms with Crippen LogP contribution in [0.3, 0.4) is 0 Å². The number of carbonyl (C=O) groups is 1. The van der Waals surface area contributed by atoms with E-state index in [4.69, 9.17) is 0 Å². The molecule has 0 saturated carbocycles. The summed E-state index contributed by atoms with van der Waals surface area (Å²) >= 11 is 0. The highest BCUT2D eigenvalue weighted by molar-refractivity contribution is 5.72. The van der Waals surface area contributed by atoms with Crippen molar-refractivity contribution in [1.29, 1.82) is 0 Å². The summed E-state index contributed by atoms with van der Waals surface area (Å²) < 4.78 is 0. The zero-order valence-electron chi connectivity index (χ0n) is 15.6. The van der Waals surface area contributed by atoms with Gasteiger partial charge in [-0.15, -0.1) is 0 Å². The highest BCUT2D eigenvalue weighted by Crippen LogP contribution is 2.16. The van der Waals surface area contributed by atoms with Gasteiger partial charge in [-0.05, 0) is 67.3 Å². The van der Waals surface area contributed by atoms with Crippen molar-refractivity contribution in [2.24, 2.45) is 0 Å². The van der Waals surface area contributed by atoms with Crippen LogP contribution < -0.4 is 5.32 Å². The molecular formula is C23H29NO. The summed E-state index contributed by atoms with van der Waals surface area (Å²) in [6, 6.07) is 15.2. The molecular weight excluding hydrogens is 306 g/mol. The summed E-state index contributed by atoms with van der Waals surface area (Å²) in [5, 5.41) is 2.85. The fourth-order valence-electron chi connectivity index (χ4n) is 3.04. The number of hydrogen-bond acceptors (Lipinski definition) is 1. The maximum absolute atomic E-state index is 10.9. The molecule has 0 aliphatic rings. The number of aryl methyl sites for hydroxylation is 4. The molecule has 132 valence electrons. The highest BCUT2D eigenvalue weighted by Gasteiger charge is 1.99. The first-order valence-corrected chi connectivity index (χ1v) is 9.11. The van der Waals surface area contributed by atoms with Gasteiger partial charge < -0.3 is 5.32 Å². The molecule has 0 fully saturated rings. The molecule has 25 heavy (non-hydrogen) atoms. The number of allylic oxidation sites excluding steroid dienone is 1. The SMILES string of the molecule is CC(=O)NCCCc1cccc(CC/C=C/c2c(C)cccc2C)c1. The van der Waals surface area contributed by atoms with E-state index in [1.807, 2.05) is 0 Å². The molecule has 2 nitrogen and oxygen atoms in total. The zero-order chi connectivity index (χ0) is 18.1. The van der Waals surface area contributed by atoms with E-state index in [0.29, 0.717) is 0 Å². The maximum atomic E-state index is 10.9. The highest BCUT2D eigenvalue weighted by atomic mass is 16.1. The molecule has 2 rings (SSSR count). The lowest BCUT2D eigenvalue weighted by atomic mass is 10.0. The van der Waals surface area contributed by atoms with E-state index in [-0.39, 0.29) is 5.91 Å². The van der Waals surface area contributed by atoms with Crippen LogP contribution in [0.5, 0.6) is 0 Å². The molecule has 0 heterocycles. The molecule has 1 amide bonds. The maximum Gasteiger partial charge on any atom is 0.216 e. The van der Waals surface area contributed by atoms with Crippen molar-refractivity contribution in [2.75, 3.05) is 6.54 Å². The van der Waals surface area contributed by atoms with Crippen molar-refractivity contribution >= 4 is 12.0 Å². The summed E-state index contributed by atoms with van der Waals surface area (Å²) in [7, 11) is 0. The third kappa shape index (κ3) is 6.58. The van der Waals surface area contributed by atoms with Crippen LogP contribution in [0.1, 0.15) is 47.6 Å². The molecule has 0 atom stereocenters. The zero-order valence-corrected chi connectivity index (χ0v) is 15.6. The van der Waals surface area contributed by atoms with Crippen LogP contribution in [0.25, 0.3) is 6.08 Å². The molecule has 0 spiro atoms. The first-order valence-electron chi connectivity index (χ1n) is 9.11. The van der Waals surface area contributed by atoms with E-state index < -0.39 is 0 Å². The second kappa shape index (κ2) is 9.83. The predicted octanol–water partition coefficient (Wildman–Crippen LogP) is 5.02. The summed E-state index contributed by atoms with van der Waals surface area (Å²) in [5.74, 6) is 0.0458. The Morgan fingerprint density at radius 2 is 1.64 bits per heavy atom. The second-order valence-corrected chi connectivity index (χ2v) is 6.65. The van der Waals surface area contributed by atoms with E-state index in [9.17, 15) is 4.79 Å². The fourth-order valence-corrected chi connectivity index (χ4v) is 3.04. The molecule has 0 radical (unpaired) electrons. The van der Waals surface area contributed by atoms with Gasteiger partial charge >= 0.3 is 0 Å². The fraction of sp³-hybridized carbons (Fsp3) is 0.348. The summed E-state index contributed by atoms with van der Waals surface area (Å²) in [6.07, 6.45) is 8.62. The molecule has 0 saturated heterocycles. The molecule has 0 aromatic heterocycles. The first-order chi connectivity index (χ1) is 12.1. The summed E-state index contributed by atoms with van der Waals surface area (Å²) in [4.78, 5) is 10.9. The van der Waals surface area contributed by atoms with Crippen LogP contribution >= 0.6 is 0 Å². The molecule has 0 bridgehead atoms. The molecule has 0 aliphatic carbocycles. The van der Waals surface area contributed by atoms with Gasteiger partial charge in [-0.2, -0.15) is 0 Å². The van der Waals surface area contributed by atoms with Crippen LogP contribution in [0.15, 0.2) is 48.5 Å². The molecule has 1 N–H and O–H groups in total. The van der Waals surface area contributed by atoms with Crippen molar-refractivity contribution in [3.8, 4) is 0 Å². The van der Waals surface area contributed by atoms with E-state index in [1.165, 1.54) is 27.8 Å². The van der Waals surface area contributed by atoms with Gasteiger partial charge in [0, 0.05) is 13.5 Å². The van der Waals surface area contributed by atoms with Gasteiger partial charge in [0.2, 0.25) is 5.91 Å². The smallest absolute Gasteiger partial charge is 0.216 e. The average Bonchev–Trinajstić information content (AvgIpc) is 2.58. The molecule has 2 aromatic carbocycles. The van der Waals surface area contributed by atoms with Gasteiger partial charge in [-0.3, -0.25) is 4.79 Å². The van der Waals surface area contributed by atoms with Gasteiger partial charge in [0.1, 0.15) is 0 Å². The molecule has 2 aromatic rings. The number of benzene rings is 2. The van der Waals surface area contributed by atoms with Gasteiger partial charge in [0.05, 0.1) is 0 Å². The number of rotatable bonds is 8. The van der Waals surface area contributed by atoms with Crippen LogP contribution in [-0.4, -0.2) is 12.5 Å². The topological polar surface area (TPSA) is 29.1 Å². The van der Waals surface area contributed by atoms with E-state index in [0.717, 1.165) is 32.2 Å². The van der Waals surface area contributed by atoms with E-state index in [1.54, 1.807) is 6.92 Å². The van der Waals surface area contributed by atoms with Crippen molar-refractivity contribution in [1.82, 2.24) is 5.32 Å². The van der Waals surface area contributed by atoms with Crippen molar-refractivity contribution in [3.05, 3.63) is 76.4 Å². The Bertz CT molecular complexity index is 710. The van der Waals surface area contributed by atoms with Crippen LogP contribution in [-0.2, 0) is 17.6 Å². The number of carbonyl (C=O) groups excluding carboxylic acids is 1.